The van der Waals surface area contributed by atoms with Crippen LogP contribution >= 0.6 is 0 Å². The highest BCUT2D eigenvalue weighted by Gasteiger charge is 2.47. The number of nitrogens with one attached hydrogen (secondary N) is 3. The zero-order chi connectivity index (χ0) is 31.0. The van der Waals surface area contributed by atoms with E-state index in [-0.39, 0.29) is 23.9 Å². The number of hydrogen-bond donors (Lipinski definition) is 3. The summed E-state index contributed by atoms with van der Waals surface area (Å²) in [6.45, 7) is 11.3. The number of carbonyl (C=O) groups excluding carboxylic acids is 2. The first-order valence-electron chi connectivity index (χ1n) is 15.7. The SMILES string of the molecule is CCN(c1cc(-c2ccc3c(c2)C2(CCOCC2)C(=O)N3)cc(C(=O)NCc2c(C)cc(C)[nH]c2=O)c1C)C1CCOCC1. The highest BCUT2D eigenvalue weighted by Crippen LogP contribution is 2.46. The maximum atomic E-state index is 13.9. The van der Waals surface area contributed by atoms with Gasteiger partial charge in [-0.25, -0.2) is 0 Å². The fourth-order valence-electron chi connectivity index (χ4n) is 7.20. The van der Waals surface area contributed by atoms with Gasteiger partial charge in [-0.1, -0.05) is 6.07 Å². The number of aromatic nitrogens is 1. The maximum absolute atomic E-state index is 13.9. The van der Waals surface area contributed by atoms with E-state index in [4.69, 9.17) is 9.47 Å². The average Bonchev–Trinajstić information content (AvgIpc) is 3.28. The molecule has 232 valence electrons. The molecule has 2 fully saturated rings. The number of carbonyl (C=O) groups is 2. The molecule has 1 aromatic heterocycles. The van der Waals surface area contributed by atoms with Gasteiger partial charge in [-0.2, -0.15) is 0 Å². The molecule has 3 aliphatic rings. The lowest BCUT2D eigenvalue weighted by Crippen LogP contribution is -2.40. The van der Waals surface area contributed by atoms with Crippen LogP contribution < -0.4 is 21.1 Å². The molecule has 2 amide bonds. The van der Waals surface area contributed by atoms with Crippen molar-refractivity contribution in [2.75, 3.05) is 43.2 Å². The summed E-state index contributed by atoms with van der Waals surface area (Å²) in [7, 11) is 0. The minimum Gasteiger partial charge on any atom is -0.381 e. The Balaban J connectivity index is 1.42. The summed E-state index contributed by atoms with van der Waals surface area (Å²) in [4.78, 5) is 45.0. The number of H-pyrrole nitrogens is 1. The molecule has 1 spiro atoms. The molecule has 4 heterocycles. The van der Waals surface area contributed by atoms with E-state index in [1.165, 1.54) is 0 Å². The zero-order valence-electron chi connectivity index (χ0n) is 26.1. The van der Waals surface area contributed by atoms with E-state index in [2.05, 4.69) is 39.6 Å². The van der Waals surface area contributed by atoms with Crippen molar-refractivity contribution in [3.63, 3.8) is 0 Å². The number of hydrogen-bond acceptors (Lipinski definition) is 6. The van der Waals surface area contributed by atoms with Crippen LogP contribution in [0.4, 0.5) is 11.4 Å². The van der Waals surface area contributed by atoms with Crippen LogP contribution in [0.5, 0.6) is 0 Å². The first kappa shape index (κ1) is 30.1. The Hall–Kier alpha value is -3.95. The summed E-state index contributed by atoms with van der Waals surface area (Å²) >= 11 is 0. The quantitative estimate of drug-likeness (QED) is 0.357. The molecule has 2 aromatic carbocycles. The number of benzene rings is 2. The van der Waals surface area contributed by atoms with Gasteiger partial charge in [-0.3, -0.25) is 14.4 Å². The number of amides is 2. The van der Waals surface area contributed by atoms with E-state index in [0.29, 0.717) is 43.2 Å². The van der Waals surface area contributed by atoms with Crippen LogP contribution in [-0.4, -0.2) is 55.8 Å². The van der Waals surface area contributed by atoms with Gasteiger partial charge in [0.2, 0.25) is 5.91 Å². The van der Waals surface area contributed by atoms with Crippen LogP contribution in [0.2, 0.25) is 0 Å². The third-order valence-corrected chi connectivity index (χ3v) is 9.72. The smallest absolute Gasteiger partial charge is 0.253 e. The fraction of sp³-hybridized carbons (Fsp3) is 0.457. The summed E-state index contributed by atoms with van der Waals surface area (Å²) in [5.41, 5.74) is 7.61. The van der Waals surface area contributed by atoms with Gasteiger partial charge in [0.25, 0.3) is 11.5 Å². The Morgan fingerprint density at radius 1 is 0.977 bits per heavy atom. The molecule has 3 N–H and O–H groups in total. The summed E-state index contributed by atoms with van der Waals surface area (Å²) in [6, 6.07) is 12.5. The number of aromatic amines is 1. The van der Waals surface area contributed by atoms with E-state index < -0.39 is 5.41 Å². The molecule has 3 aromatic rings. The van der Waals surface area contributed by atoms with Crippen molar-refractivity contribution in [3.05, 3.63) is 80.3 Å². The molecule has 0 bridgehead atoms. The van der Waals surface area contributed by atoms with E-state index in [1.54, 1.807) is 0 Å². The number of rotatable bonds is 7. The first-order valence-corrected chi connectivity index (χ1v) is 15.7. The van der Waals surface area contributed by atoms with Crippen molar-refractivity contribution in [1.29, 1.82) is 0 Å². The van der Waals surface area contributed by atoms with Crippen molar-refractivity contribution < 1.29 is 19.1 Å². The Morgan fingerprint density at radius 3 is 2.41 bits per heavy atom. The molecule has 2 saturated heterocycles. The second-order valence-corrected chi connectivity index (χ2v) is 12.3. The summed E-state index contributed by atoms with van der Waals surface area (Å²) in [5, 5.41) is 6.12. The molecule has 6 rings (SSSR count). The molecule has 0 unspecified atom stereocenters. The topological polar surface area (TPSA) is 113 Å². The Bertz CT molecular complexity index is 1650. The van der Waals surface area contributed by atoms with Crippen LogP contribution in [0.15, 0.2) is 41.2 Å². The minimum absolute atomic E-state index is 0.0377. The van der Waals surface area contributed by atoms with Crippen molar-refractivity contribution in [3.8, 4) is 11.1 Å². The number of nitrogens with zero attached hydrogens (tertiary/aromatic N) is 1. The Labute approximate surface area is 258 Å². The second-order valence-electron chi connectivity index (χ2n) is 12.3. The van der Waals surface area contributed by atoms with Gasteiger partial charge in [0, 0.05) is 73.8 Å². The molecule has 44 heavy (non-hydrogen) atoms. The predicted octanol–water partition coefficient (Wildman–Crippen LogP) is 4.90. The van der Waals surface area contributed by atoms with E-state index in [1.807, 2.05) is 45.0 Å². The van der Waals surface area contributed by atoms with Gasteiger partial charge >= 0.3 is 0 Å². The summed E-state index contributed by atoms with van der Waals surface area (Å²) in [5.74, 6) is -0.192. The third-order valence-electron chi connectivity index (χ3n) is 9.72. The maximum Gasteiger partial charge on any atom is 0.253 e. The van der Waals surface area contributed by atoms with Crippen molar-refractivity contribution in [2.45, 2.75) is 71.4 Å². The minimum atomic E-state index is -0.589. The Morgan fingerprint density at radius 2 is 1.70 bits per heavy atom. The summed E-state index contributed by atoms with van der Waals surface area (Å²) < 4.78 is 11.3. The number of pyridine rings is 1. The lowest BCUT2D eigenvalue weighted by Gasteiger charge is -2.37. The average molecular weight is 599 g/mol. The van der Waals surface area contributed by atoms with Crippen molar-refractivity contribution in [1.82, 2.24) is 10.3 Å². The molecule has 0 radical (unpaired) electrons. The molecule has 9 heteroatoms. The fourth-order valence-corrected chi connectivity index (χ4v) is 7.20. The van der Waals surface area contributed by atoms with Crippen LogP contribution in [-0.2, 0) is 26.2 Å². The molecule has 0 saturated carbocycles. The van der Waals surface area contributed by atoms with Gasteiger partial charge in [0.05, 0.1) is 5.41 Å². The van der Waals surface area contributed by atoms with Gasteiger partial charge in [0.1, 0.15) is 0 Å². The lowest BCUT2D eigenvalue weighted by molar-refractivity contribution is -0.124. The van der Waals surface area contributed by atoms with Crippen molar-refractivity contribution >= 4 is 23.2 Å². The van der Waals surface area contributed by atoms with Crippen LogP contribution in [0.1, 0.15) is 70.9 Å². The van der Waals surface area contributed by atoms with E-state index >= 15 is 0 Å². The monoisotopic (exact) mass is 598 g/mol. The highest BCUT2D eigenvalue weighted by atomic mass is 16.5. The van der Waals surface area contributed by atoms with Gasteiger partial charge in [-0.05, 0) is 112 Å². The Kier molecular flexibility index (Phi) is 8.35. The van der Waals surface area contributed by atoms with E-state index in [0.717, 1.165) is 77.5 Å². The second kappa shape index (κ2) is 12.2. The van der Waals surface area contributed by atoms with Gasteiger partial charge in [0.15, 0.2) is 0 Å². The van der Waals surface area contributed by atoms with Gasteiger partial charge < -0.3 is 30.0 Å². The van der Waals surface area contributed by atoms with Crippen LogP contribution in [0, 0.1) is 20.8 Å². The lowest BCUT2D eigenvalue weighted by atomic mass is 9.74. The number of anilines is 2. The third kappa shape index (κ3) is 5.43. The molecular weight excluding hydrogens is 556 g/mol. The molecule has 0 aliphatic carbocycles. The first-order chi connectivity index (χ1) is 21.2. The van der Waals surface area contributed by atoms with Crippen LogP contribution in [0.3, 0.4) is 0 Å². The standard InChI is InChI=1S/C35H42N4O5/c1-5-39(26-8-12-43-13-9-26)31-19-25(24-6-7-30-29(18-24)35(34(42)38-30)10-14-44-15-11-35)17-27(23(31)4)32(40)36-20-28-21(2)16-22(3)37-33(28)41/h6-7,16-19,26H,5,8-15,20H2,1-4H3,(H,36,40)(H,37,41)(H,38,42). The number of fused-ring (bicyclic) bond motifs is 2. The molecule has 0 atom stereocenters. The zero-order valence-corrected chi connectivity index (χ0v) is 26.1. The molecular formula is C35H42N4O5. The predicted molar refractivity (Wildman–Crippen MR) is 172 cm³/mol. The highest BCUT2D eigenvalue weighted by molar-refractivity contribution is 6.07. The van der Waals surface area contributed by atoms with Crippen LogP contribution in [0.25, 0.3) is 11.1 Å². The largest absolute Gasteiger partial charge is 0.381 e. The molecule has 3 aliphatic heterocycles. The number of ether oxygens (including phenoxy) is 2. The van der Waals surface area contributed by atoms with Crippen molar-refractivity contribution in [2.24, 2.45) is 0 Å². The molecule has 9 nitrogen and oxygen atoms in total. The summed E-state index contributed by atoms with van der Waals surface area (Å²) in [6.07, 6.45) is 3.14. The van der Waals surface area contributed by atoms with Gasteiger partial charge in [-0.15, -0.1) is 0 Å². The normalized spacial score (nSPS) is 17.8. The number of aryl methyl sites for hydroxylation is 2. The van der Waals surface area contributed by atoms with E-state index in [9.17, 15) is 14.4 Å².